The van der Waals surface area contributed by atoms with Crippen LogP contribution >= 0.6 is 24.0 Å². The van der Waals surface area contributed by atoms with Gasteiger partial charge in [-0.1, -0.05) is 30.3 Å². The lowest BCUT2D eigenvalue weighted by atomic mass is 10.1. The molecule has 7 nitrogen and oxygen atoms in total. The Bertz CT molecular complexity index is 1030. The fourth-order valence-corrected chi connectivity index (χ4v) is 3.74. The standard InChI is InChI=1S/C23H28N6O.HI/c1-24-23(26-11-10-18-15-27-21-5-3-2-4-20(18)21)28-14-17-6-8-19(9-7-17)29-13-12-25-22(30)16-29;/h2-9,15,27H,10-14,16H2,1H3,(H,25,30)(H2,24,26,28);1H. The summed E-state index contributed by atoms with van der Waals surface area (Å²) < 4.78 is 0. The maximum absolute atomic E-state index is 11.6. The summed E-state index contributed by atoms with van der Waals surface area (Å²) in [5.41, 5.74) is 4.72. The van der Waals surface area contributed by atoms with Crippen molar-refractivity contribution in [2.75, 3.05) is 38.1 Å². The van der Waals surface area contributed by atoms with Crippen molar-refractivity contribution in [1.29, 1.82) is 0 Å². The van der Waals surface area contributed by atoms with Gasteiger partial charge in [0.25, 0.3) is 0 Å². The summed E-state index contributed by atoms with van der Waals surface area (Å²) in [5.74, 6) is 0.862. The number of aromatic amines is 1. The summed E-state index contributed by atoms with van der Waals surface area (Å²) in [6.45, 7) is 3.45. The molecule has 0 radical (unpaired) electrons. The van der Waals surface area contributed by atoms with E-state index in [9.17, 15) is 4.79 Å². The third-order valence-corrected chi connectivity index (χ3v) is 5.39. The molecule has 0 saturated carbocycles. The number of para-hydroxylation sites is 1. The summed E-state index contributed by atoms with van der Waals surface area (Å²) in [4.78, 5) is 21.3. The highest BCUT2D eigenvalue weighted by atomic mass is 127. The van der Waals surface area contributed by atoms with Gasteiger partial charge in [0.2, 0.25) is 5.91 Å². The van der Waals surface area contributed by atoms with E-state index in [1.807, 2.05) is 6.07 Å². The number of hydrogen-bond acceptors (Lipinski definition) is 3. The molecule has 4 rings (SSSR count). The lowest BCUT2D eigenvalue weighted by Gasteiger charge is -2.28. The van der Waals surface area contributed by atoms with Crippen LogP contribution in [0.15, 0.2) is 59.7 Å². The van der Waals surface area contributed by atoms with Crippen molar-refractivity contribution in [1.82, 2.24) is 20.9 Å². The smallest absolute Gasteiger partial charge is 0.239 e. The van der Waals surface area contributed by atoms with Crippen molar-refractivity contribution in [3.8, 4) is 0 Å². The summed E-state index contributed by atoms with van der Waals surface area (Å²) in [6, 6.07) is 16.7. The fourth-order valence-electron chi connectivity index (χ4n) is 3.74. The Morgan fingerprint density at radius 2 is 1.94 bits per heavy atom. The van der Waals surface area contributed by atoms with Crippen LogP contribution in [0.5, 0.6) is 0 Å². The second kappa shape index (κ2) is 11.0. The molecule has 0 aliphatic carbocycles. The highest BCUT2D eigenvalue weighted by Crippen LogP contribution is 2.18. The van der Waals surface area contributed by atoms with Crippen molar-refractivity contribution in [2.24, 2.45) is 4.99 Å². The Balaban J connectivity index is 0.00000272. The van der Waals surface area contributed by atoms with Gasteiger partial charge in [0.1, 0.15) is 0 Å². The quantitative estimate of drug-likeness (QED) is 0.224. The summed E-state index contributed by atoms with van der Waals surface area (Å²) >= 11 is 0. The molecule has 1 fully saturated rings. The van der Waals surface area contributed by atoms with Crippen LogP contribution in [0.2, 0.25) is 0 Å². The number of benzene rings is 2. The Hall–Kier alpha value is -2.75. The molecule has 0 bridgehead atoms. The van der Waals surface area contributed by atoms with Gasteiger partial charge in [0.15, 0.2) is 5.96 Å². The van der Waals surface area contributed by atoms with Gasteiger partial charge in [-0.15, -0.1) is 24.0 Å². The summed E-state index contributed by atoms with van der Waals surface area (Å²) in [7, 11) is 1.78. The SMILES string of the molecule is CN=C(NCCc1c[nH]c2ccccc12)NCc1ccc(N2CCNC(=O)C2)cc1.I. The van der Waals surface area contributed by atoms with Crippen LogP contribution < -0.4 is 20.9 Å². The number of nitrogens with one attached hydrogen (secondary N) is 4. The number of nitrogens with zero attached hydrogens (tertiary/aromatic N) is 2. The Morgan fingerprint density at radius 3 is 2.71 bits per heavy atom. The summed E-state index contributed by atoms with van der Waals surface area (Å²) in [6.07, 6.45) is 3.00. The van der Waals surface area contributed by atoms with Crippen LogP contribution in [0.1, 0.15) is 11.1 Å². The predicted octanol–water partition coefficient (Wildman–Crippen LogP) is 2.63. The maximum atomic E-state index is 11.6. The molecule has 0 spiro atoms. The number of aromatic nitrogens is 1. The fraction of sp³-hybridized carbons (Fsp3) is 0.304. The topological polar surface area (TPSA) is 84.6 Å². The van der Waals surface area contributed by atoms with Crippen molar-refractivity contribution >= 4 is 52.4 Å². The third-order valence-electron chi connectivity index (χ3n) is 5.39. The Morgan fingerprint density at radius 1 is 1.13 bits per heavy atom. The molecule has 3 aromatic rings. The molecular formula is C23H29IN6O. The van der Waals surface area contributed by atoms with Gasteiger partial charge >= 0.3 is 0 Å². The van der Waals surface area contributed by atoms with Gasteiger partial charge in [0, 0.05) is 56.0 Å². The van der Waals surface area contributed by atoms with E-state index in [4.69, 9.17) is 0 Å². The molecule has 1 aromatic heterocycles. The van der Waals surface area contributed by atoms with E-state index < -0.39 is 0 Å². The van der Waals surface area contributed by atoms with Gasteiger partial charge in [-0.05, 0) is 35.7 Å². The van der Waals surface area contributed by atoms with Gasteiger partial charge in [-0.3, -0.25) is 9.79 Å². The van der Waals surface area contributed by atoms with Gasteiger partial charge in [0.05, 0.1) is 6.54 Å². The minimum Gasteiger partial charge on any atom is -0.361 e. The van der Waals surface area contributed by atoms with E-state index in [0.717, 1.165) is 31.2 Å². The van der Waals surface area contributed by atoms with Crippen LogP contribution in [-0.2, 0) is 17.8 Å². The second-order valence-electron chi connectivity index (χ2n) is 7.40. The van der Waals surface area contributed by atoms with Gasteiger partial charge in [-0.25, -0.2) is 0 Å². The monoisotopic (exact) mass is 532 g/mol. The molecule has 0 unspecified atom stereocenters. The molecule has 0 atom stereocenters. The van der Waals surface area contributed by atoms with Crippen molar-refractivity contribution < 1.29 is 4.79 Å². The lowest BCUT2D eigenvalue weighted by Crippen LogP contribution is -2.47. The number of hydrogen-bond donors (Lipinski definition) is 4. The molecule has 2 heterocycles. The first kappa shape index (κ1) is 22.9. The van der Waals surface area contributed by atoms with Crippen LogP contribution in [-0.4, -0.2) is 50.1 Å². The molecule has 1 amide bonds. The van der Waals surface area contributed by atoms with Gasteiger partial charge < -0.3 is 25.8 Å². The van der Waals surface area contributed by atoms with Crippen LogP contribution in [0.4, 0.5) is 5.69 Å². The number of rotatable bonds is 6. The van der Waals surface area contributed by atoms with Crippen molar-refractivity contribution in [3.05, 3.63) is 65.9 Å². The van der Waals surface area contributed by atoms with E-state index in [2.05, 4.69) is 79.5 Å². The number of H-pyrrole nitrogens is 1. The lowest BCUT2D eigenvalue weighted by molar-refractivity contribution is -0.120. The zero-order valence-electron chi connectivity index (χ0n) is 17.6. The molecule has 8 heteroatoms. The minimum atomic E-state index is 0. The summed E-state index contributed by atoms with van der Waals surface area (Å²) in [5, 5.41) is 10.9. The average molecular weight is 532 g/mol. The number of carbonyl (C=O) groups excluding carboxylic acids is 1. The highest BCUT2D eigenvalue weighted by molar-refractivity contribution is 14.0. The Kier molecular flexibility index (Phi) is 8.16. The number of anilines is 1. The zero-order valence-corrected chi connectivity index (χ0v) is 20.0. The second-order valence-corrected chi connectivity index (χ2v) is 7.40. The molecule has 1 saturated heterocycles. The normalized spacial score (nSPS) is 14.2. The van der Waals surface area contributed by atoms with E-state index in [1.165, 1.54) is 22.0 Å². The number of fused-ring (bicyclic) bond motifs is 1. The van der Waals surface area contributed by atoms with Crippen molar-refractivity contribution in [2.45, 2.75) is 13.0 Å². The third kappa shape index (κ3) is 5.90. The number of carbonyl (C=O) groups is 1. The predicted molar refractivity (Wildman–Crippen MR) is 137 cm³/mol. The van der Waals surface area contributed by atoms with E-state index in [-0.39, 0.29) is 29.9 Å². The van der Waals surface area contributed by atoms with Gasteiger partial charge in [-0.2, -0.15) is 0 Å². The number of amides is 1. The first-order chi connectivity index (χ1) is 14.7. The average Bonchev–Trinajstić information content (AvgIpc) is 3.19. The van der Waals surface area contributed by atoms with E-state index in [0.29, 0.717) is 19.6 Å². The van der Waals surface area contributed by atoms with Crippen LogP contribution in [0.25, 0.3) is 10.9 Å². The molecule has 4 N–H and O–H groups in total. The highest BCUT2D eigenvalue weighted by Gasteiger charge is 2.16. The molecular weight excluding hydrogens is 503 g/mol. The number of halogens is 1. The Labute approximate surface area is 199 Å². The molecule has 164 valence electrons. The molecule has 31 heavy (non-hydrogen) atoms. The number of piperazine rings is 1. The first-order valence-corrected chi connectivity index (χ1v) is 10.3. The van der Waals surface area contributed by atoms with E-state index in [1.54, 1.807) is 7.05 Å². The molecule has 2 aromatic carbocycles. The number of aliphatic imine (C=N–C) groups is 1. The maximum Gasteiger partial charge on any atom is 0.239 e. The first-order valence-electron chi connectivity index (χ1n) is 10.3. The van der Waals surface area contributed by atoms with E-state index >= 15 is 0 Å². The zero-order chi connectivity index (χ0) is 20.8. The molecule has 1 aliphatic rings. The van der Waals surface area contributed by atoms with Crippen molar-refractivity contribution in [3.63, 3.8) is 0 Å². The van der Waals surface area contributed by atoms with Crippen LogP contribution in [0.3, 0.4) is 0 Å². The minimum absolute atomic E-state index is 0. The van der Waals surface area contributed by atoms with Crippen LogP contribution in [0, 0.1) is 0 Å². The number of guanidine groups is 1. The molecule has 1 aliphatic heterocycles. The largest absolute Gasteiger partial charge is 0.361 e.